The Kier molecular flexibility index (Phi) is 5.16. The Morgan fingerprint density at radius 1 is 1.36 bits per heavy atom. The molecule has 2 heterocycles. The Hall–Kier alpha value is -2.63. The number of rotatable bonds is 3. The molecule has 132 valence electrons. The number of esters is 1. The highest BCUT2D eigenvalue weighted by molar-refractivity contribution is 6.01. The molecule has 0 bridgehead atoms. The molecule has 6 nitrogen and oxygen atoms in total. The molecule has 0 aliphatic carbocycles. The zero-order valence-corrected chi connectivity index (χ0v) is 14.6. The average molecular weight is 341 g/mol. The second-order valence-corrected chi connectivity index (χ2v) is 6.30. The van der Waals surface area contributed by atoms with E-state index in [0.717, 1.165) is 35.0 Å². The minimum absolute atomic E-state index is 0.192. The van der Waals surface area contributed by atoms with Crippen LogP contribution in [-0.2, 0) is 9.53 Å². The summed E-state index contributed by atoms with van der Waals surface area (Å²) < 4.78 is 5.09. The maximum Gasteiger partial charge on any atom is 0.321 e. The number of carbonyl (C=O) groups is 2. The van der Waals surface area contributed by atoms with Gasteiger partial charge in [0.25, 0.3) is 0 Å². The predicted octanol–water partition coefficient (Wildman–Crippen LogP) is 3.35. The largest absolute Gasteiger partial charge is 0.466 e. The molecule has 0 saturated carbocycles. The average Bonchev–Trinajstić information content (AvgIpc) is 2.64. The topological polar surface area (TPSA) is 71.5 Å². The van der Waals surface area contributed by atoms with Crippen molar-refractivity contribution in [1.82, 2.24) is 9.88 Å². The van der Waals surface area contributed by atoms with Crippen molar-refractivity contribution in [1.29, 1.82) is 0 Å². The lowest BCUT2D eigenvalue weighted by Crippen LogP contribution is -2.44. The van der Waals surface area contributed by atoms with Crippen molar-refractivity contribution in [2.75, 3.05) is 25.0 Å². The summed E-state index contributed by atoms with van der Waals surface area (Å²) in [7, 11) is 0. The summed E-state index contributed by atoms with van der Waals surface area (Å²) in [6.45, 7) is 5.19. The molecule has 0 unspecified atom stereocenters. The monoisotopic (exact) mass is 341 g/mol. The van der Waals surface area contributed by atoms with E-state index < -0.39 is 0 Å². The molecule has 1 aromatic carbocycles. The van der Waals surface area contributed by atoms with Crippen LogP contribution in [0.5, 0.6) is 0 Å². The Morgan fingerprint density at radius 2 is 2.20 bits per heavy atom. The highest BCUT2D eigenvalue weighted by Gasteiger charge is 2.29. The van der Waals surface area contributed by atoms with Crippen molar-refractivity contribution in [3.8, 4) is 0 Å². The fourth-order valence-electron chi connectivity index (χ4n) is 3.23. The number of hydrogen-bond acceptors (Lipinski definition) is 4. The van der Waals surface area contributed by atoms with E-state index in [2.05, 4.69) is 10.3 Å². The van der Waals surface area contributed by atoms with Crippen molar-refractivity contribution >= 4 is 28.6 Å². The number of hydrogen-bond donors (Lipinski definition) is 1. The van der Waals surface area contributed by atoms with Crippen LogP contribution in [0, 0.1) is 12.8 Å². The van der Waals surface area contributed by atoms with Gasteiger partial charge in [-0.15, -0.1) is 0 Å². The minimum Gasteiger partial charge on any atom is -0.466 e. The van der Waals surface area contributed by atoms with E-state index in [0.29, 0.717) is 19.7 Å². The number of pyridine rings is 1. The standard InChI is InChI=1S/C19H23N3O3/c1-3-25-18(23)14-6-5-11-22(12-14)19(24)21-16-9-8-13(2)17-15(16)7-4-10-20-17/h4,7-10,14H,3,5-6,11-12H2,1-2H3,(H,21,24)/t14-/m0/s1. The van der Waals surface area contributed by atoms with Crippen LogP contribution < -0.4 is 5.32 Å². The van der Waals surface area contributed by atoms with Crippen LogP contribution in [0.15, 0.2) is 30.5 Å². The molecule has 0 spiro atoms. The highest BCUT2D eigenvalue weighted by atomic mass is 16.5. The molecule has 1 aliphatic heterocycles. The van der Waals surface area contributed by atoms with Gasteiger partial charge in [-0.3, -0.25) is 9.78 Å². The van der Waals surface area contributed by atoms with E-state index in [9.17, 15) is 9.59 Å². The molecule has 1 aliphatic rings. The van der Waals surface area contributed by atoms with Crippen LogP contribution >= 0.6 is 0 Å². The first-order valence-corrected chi connectivity index (χ1v) is 8.67. The van der Waals surface area contributed by atoms with Gasteiger partial charge in [0.2, 0.25) is 0 Å². The molecule has 1 saturated heterocycles. The molecular formula is C19H23N3O3. The van der Waals surface area contributed by atoms with E-state index in [1.54, 1.807) is 18.0 Å². The van der Waals surface area contributed by atoms with Crippen molar-refractivity contribution in [2.24, 2.45) is 5.92 Å². The van der Waals surface area contributed by atoms with Gasteiger partial charge in [-0.05, 0) is 50.5 Å². The van der Waals surface area contributed by atoms with Crippen LogP contribution in [-0.4, -0.2) is 41.6 Å². The third-order valence-electron chi connectivity index (χ3n) is 4.54. The lowest BCUT2D eigenvalue weighted by molar-refractivity contribution is -0.149. The number of ether oxygens (including phenoxy) is 1. The van der Waals surface area contributed by atoms with Crippen molar-refractivity contribution in [3.63, 3.8) is 0 Å². The maximum atomic E-state index is 12.7. The van der Waals surface area contributed by atoms with Gasteiger partial charge in [0.1, 0.15) is 0 Å². The summed E-state index contributed by atoms with van der Waals surface area (Å²) in [6, 6.07) is 7.45. The third-order valence-corrected chi connectivity index (χ3v) is 4.54. The van der Waals surface area contributed by atoms with E-state index in [-0.39, 0.29) is 17.9 Å². The van der Waals surface area contributed by atoms with Gasteiger partial charge in [-0.25, -0.2) is 4.79 Å². The van der Waals surface area contributed by atoms with Gasteiger partial charge in [0, 0.05) is 24.7 Å². The number of aryl methyl sites for hydroxylation is 1. The molecule has 1 N–H and O–H groups in total. The number of carbonyl (C=O) groups excluding carboxylic acids is 2. The number of nitrogens with zero attached hydrogens (tertiary/aromatic N) is 2. The number of anilines is 1. The fraction of sp³-hybridized carbons (Fsp3) is 0.421. The molecule has 3 rings (SSSR count). The maximum absolute atomic E-state index is 12.7. The Morgan fingerprint density at radius 3 is 3.00 bits per heavy atom. The summed E-state index contributed by atoms with van der Waals surface area (Å²) in [6.07, 6.45) is 3.31. The predicted molar refractivity (Wildman–Crippen MR) is 96.4 cm³/mol. The number of aromatic nitrogens is 1. The van der Waals surface area contributed by atoms with Crippen molar-refractivity contribution in [3.05, 3.63) is 36.0 Å². The van der Waals surface area contributed by atoms with Crippen molar-refractivity contribution in [2.45, 2.75) is 26.7 Å². The van der Waals surface area contributed by atoms with E-state index >= 15 is 0 Å². The number of urea groups is 1. The van der Waals surface area contributed by atoms with E-state index in [1.807, 2.05) is 31.2 Å². The van der Waals surface area contributed by atoms with Crippen LogP contribution in [0.3, 0.4) is 0 Å². The molecular weight excluding hydrogens is 318 g/mol. The van der Waals surface area contributed by atoms with Gasteiger partial charge in [0.05, 0.1) is 23.7 Å². The van der Waals surface area contributed by atoms with E-state index in [4.69, 9.17) is 4.74 Å². The van der Waals surface area contributed by atoms with Gasteiger partial charge in [0.15, 0.2) is 0 Å². The molecule has 0 radical (unpaired) electrons. The molecule has 1 fully saturated rings. The Labute approximate surface area is 147 Å². The molecule has 2 amide bonds. The number of likely N-dealkylation sites (tertiary alicyclic amines) is 1. The zero-order chi connectivity index (χ0) is 17.8. The second kappa shape index (κ2) is 7.51. The summed E-state index contributed by atoms with van der Waals surface area (Å²) in [4.78, 5) is 30.7. The SMILES string of the molecule is CCOC(=O)[C@H]1CCCN(C(=O)Nc2ccc(C)c3ncccc23)C1. The normalized spacial score (nSPS) is 17.4. The first-order valence-electron chi connectivity index (χ1n) is 8.67. The lowest BCUT2D eigenvalue weighted by atomic mass is 9.98. The Balaban J connectivity index is 1.74. The third kappa shape index (κ3) is 3.73. The van der Waals surface area contributed by atoms with Gasteiger partial charge in [-0.2, -0.15) is 0 Å². The Bertz CT molecular complexity index is 791. The van der Waals surface area contributed by atoms with Crippen molar-refractivity contribution < 1.29 is 14.3 Å². The summed E-state index contributed by atoms with van der Waals surface area (Å²) in [5.74, 6) is -0.458. The van der Waals surface area contributed by atoms with Gasteiger partial charge >= 0.3 is 12.0 Å². The number of amides is 2. The quantitative estimate of drug-likeness (QED) is 0.869. The molecule has 1 atom stereocenters. The minimum atomic E-state index is -0.240. The smallest absolute Gasteiger partial charge is 0.321 e. The van der Waals surface area contributed by atoms with Crippen LogP contribution in [0.4, 0.5) is 10.5 Å². The first kappa shape index (κ1) is 17.2. The molecule has 25 heavy (non-hydrogen) atoms. The number of piperidine rings is 1. The summed E-state index contributed by atoms with van der Waals surface area (Å²) in [5, 5.41) is 3.88. The fourth-order valence-corrected chi connectivity index (χ4v) is 3.23. The summed E-state index contributed by atoms with van der Waals surface area (Å²) in [5.41, 5.74) is 2.68. The zero-order valence-electron chi connectivity index (χ0n) is 14.6. The van der Waals surface area contributed by atoms with Crippen LogP contribution in [0.25, 0.3) is 10.9 Å². The number of fused-ring (bicyclic) bond motifs is 1. The van der Waals surface area contributed by atoms with Crippen LogP contribution in [0.2, 0.25) is 0 Å². The highest BCUT2D eigenvalue weighted by Crippen LogP contribution is 2.25. The molecule has 6 heteroatoms. The van der Waals surface area contributed by atoms with Gasteiger partial charge < -0.3 is 15.0 Å². The lowest BCUT2D eigenvalue weighted by Gasteiger charge is -2.31. The molecule has 1 aromatic heterocycles. The number of nitrogens with one attached hydrogen (secondary N) is 1. The van der Waals surface area contributed by atoms with Gasteiger partial charge in [-0.1, -0.05) is 6.07 Å². The molecule has 2 aromatic rings. The summed E-state index contributed by atoms with van der Waals surface area (Å²) >= 11 is 0. The first-order chi connectivity index (χ1) is 12.1. The van der Waals surface area contributed by atoms with E-state index in [1.165, 1.54) is 0 Å². The second-order valence-electron chi connectivity index (χ2n) is 6.30. The number of benzene rings is 1. The van der Waals surface area contributed by atoms with Crippen LogP contribution in [0.1, 0.15) is 25.3 Å².